The van der Waals surface area contributed by atoms with Crippen LogP contribution >= 0.6 is 22.9 Å². The van der Waals surface area contributed by atoms with Crippen molar-refractivity contribution in [3.63, 3.8) is 0 Å². The first-order chi connectivity index (χ1) is 25.9. The van der Waals surface area contributed by atoms with E-state index in [1.807, 2.05) is 61.5 Å². The predicted octanol–water partition coefficient (Wildman–Crippen LogP) is 7.41. The van der Waals surface area contributed by atoms with E-state index in [4.69, 9.17) is 21.4 Å². The Morgan fingerprint density at radius 1 is 0.981 bits per heavy atom. The highest BCUT2D eigenvalue weighted by molar-refractivity contribution is 7.22. The fourth-order valence-electron chi connectivity index (χ4n) is 9.72. The van der Waals surface area contributed by atoms with Crippen molar-refractivity contribution in [3.8, 4) is 22.1 Å². The fourth-order valence-corrected chi connectivity index (χ4v) is 11.0. The van der Waals surface area contributed by atoms with E-state index in [0.29, 0.717) is 28.5 Å². The van der Waals surface area contributed by atoms with E-state index in [1.54, 1.807) is 54.3 Å². The molecule has 6 atom stereocenters. The number of hydrogen-bond donors (Lipinski definition) is 1. The molecular weight excluding hydrogens is 724 g/mol. The molecule has 1 N–H and O–H groups in total. The van der Waals surface area contributed by atoms with Gasteiger partial charge in [0.15, 0.2) is 11.5 Å². The van der Waals surface area contributed by atoms with Gasteiger partial charge < -0.3 is 9.84 Å². The minimum Gasteiger partial charge on any atom is -0.504 e. The van der Waals surface area contributed by atoms with Gasteiger partial charge >= 0.3 is 0 Å². The van der Waals surface area contributed by atoms with Gasteiger partial charge in [0.1, 0.15) is 11.5 Å². The maximum Gasteiger partial charge on any atom is 0.242 e. The van der Waals surface area contributed by atoms with E-state index in [0.717, 1.165) is 31.7 Å². The quantitative estimate of drug-likeness (QED) is 0.141. The van der Waals surface area contributed by atoms with Crippen molar-refractivity contribution in [1.82, 2.24) is 14.7 Å². The van der Waals surface area contributed by atoms with E-state index in [-0.39, 0.29) is 36.3 Å². The molecule has 274 valence electrons. The van der Waals surface area contributed by atoms with Crippen LogP contribution in [0, 0.1) is 36.0 Å². The number of aryl methyl sites for hydroxylation is 2. The number of fused-ring (bicyclic) bond motifs is 5. The summed E-state index contributed by atoms with van der Waals surface area (Å²) in [7, 11) is 3.17. The molecule has 0 unspecified atom stereocenters. The van der Waals surface area contributed by atoms with Crippen LogP contribution in [0.3, 0.4) is 0 Å². The Labute approximate surface area is 320 Å². The van der Waals surface area contributed by atoms with E-state index >= 15 is 4.79 Å². The smallest absolute Gasteiger partial charge is 0.242 e. The summed E-state index contributed by atoms with van der Waals surface area (Å²) < 4.78 is 8.11. The van der Waals surface area contributed by atoms with Gasteiger partial charge in [0.2, 0.25) is 23.6 Å². The molecule has 4 aliphatic rings. The summed E-state index contributed by atoms with van der Waals surface area (Å²) in [4.78, 5) is 61.7. The van der Waals surface area contributed by atoms with Crippen molar-refractivity contribution in [2.75, 3.05) is 12.0 Å². The van der Waals surface area contributed by atoms with E-state index < -0.39 is 46.8 Å². The lowest BCUT2D eigenvalue weighted by atomic mass is 9.51. The zero-order valence-corrected chi connectivity index (χ0v) is 31.6. The number of hydrogen-bond acceptors (Lipinski definition) is 8. The third-order valence-corrected chi connectivity index (χ3v) is 13.9. The fraction of sp³-hybridized carbons (Fsp3) is 0.310. The van der Waals surface area contributed by atoms with Crippen LogP contribution in [0.15, 0.2) is 84.4 Å². The number of aromatic nitrogens is 2. The summed E-state index contributed by atoms with van der Waals surface area (Å²) >= 11 is 7.88. The molecule has 0 spiro atoms. The van der Waals surface area contributed by atoms with Crippen LogP contribution in [-0.4, -0.2) is 50.5 Å². The average molecular weight is 761 g/mol. The summed E-state index contributed by atoms with van der Waals surface area (Å²) in [5, 5.41) is 18.1. The first-order valence-corrected chi connectivity index (χ1v) is 19.2. The van der Waals surface area contributed by atoms with Crippen molar-refractivity contribution in [3.05, 3.63) is 106 Å². The summed E-state index contributed by atoms with van der Waals surface area (Å²) in [6.45, 7) is 3.96. The summed E-state index contributed by atoms with van der Waals surface area (Å²) in [5.74, 6) is -4.33. The zero-order chi connectivity index (χ0) is 37.8. The lowest BCUT2D eigenvalue weighted by Crippen LogP contribution is -2.49. The summed E-state index contributed by atoms with van der Waals surface area (Å²) in [6.07, 6.45) is 2.49. The minimum absolute atomic E-state index is 0.130. The molecule has 2 aliphatic carbocycles. The Kier molecular flexibility index (Phi) is 7.92. The van der Waals surface area contributed by atoms with E-state index in [2.05, 4.69) is 0 Å². The third kappa shape index (κ3) is 4.80. The summed E-state index contributed by atoms with van der Waals surface area (Å²) in [6, 6.07) is 22.1. The van der Waals surface area contributed by atoms with Gasteiger partial charge in [-0.05, 0) is 73.4 Å². The zero-order valence-electron chi connectivity index (χ0n) is 30.1. The number of thiophene rings is 1. The Morgan fingerprint density at radius 3 is 2.52 bits per heavy atom. The number of phenols is 1. The van der Waals surface area contributed by atoms with E-state index in [1.165, 1.54) is 16.9 Å². The number of amides is 4. The molecule has 12 heteroatoms. The van der Waals surface area contributed by atoms with Gasteiger partial charge in [0.25, 0.3) is 0 Å². The molecule has 10 nitrogen and oxygen atoms in total. The normalized spacial score (nSPS) is 26.3. The second-order valence-electron chi connectivity index (χ2n) is 15.0. The van der Waals surface area contributed by atoms with Crippen LogP contribution < -0.4 is 9.64 Å². The number of ether oxygens (including phenoxy) is 1. The van der Waals surface area contributed by atoms with Crippen LogP contribution in [-0.2, 0) is 32.8 Å². The van der Waals surface area contributed by atoms with Crippen molar-refractivity contribution >= 4 is 62.5 Å². The van der Waals surface area contributed by atoms with Crippen molar-refractivity contribution < 1.29 is 29.0 Å². The van der Waals surface area contributed by atoms with Crippen LogP contribution in [0.4, 0.5) is 5.82 Å². The second kappa shape index (κ2) is 12.4. The van der Waals surface area contributed by atoms with Gasteiger partial charge in [-0.15, -0.1) is 11.3 Å². The Morgan fingerprint density at radius 2 is 1.76 bits per heavy atom. The predicted molar refractivity (Wildman–Crippen MR) is 205 cm³/mol. The Balaban J connectivity index is 1.15. The third-order valence-electron chi connectivity index (χ3n) is 12.3. The molecule has 2 aliphatic heterocycles. The van der Waals surface area contributed by atoms with Crippen molar-refractivity contribution in [2.45, 2.75) is 39.2 Å². The number of carbonyl (C=O) groups is 4. The summed E-state index contributed by atoms with van der Waals surface area (Å²) in [5.41, 5.74) is 2.34. The number of methoxy groups -OCH3 is 1. The number of anilines is 1. The molecule has 4 amide bonds. The van der Waals surface area contributed by atoms with Gasteiger partial charge in [-0.3, -0.25) is 28.8 Å². The van der Waals surface area contributed by atoms with Gasteiger partial charge in [0, 0.05) is 34.3 Å². The number of para-hydroxylation sites is 1. The first-order valence-electron chi connectivity index (χ1n) is 18.0. The molecule has 3 fully saturated rings. The number of likely N-dealkylation sites (tertiary alicyclic amines) is 1. The maximum atomic E-state index is 15.1. The number of aromatic hydroxyl groups is 1. The SMILES string of the molecule is COc1cccc([C@H]2C3=CC[C@@H]4C(=O)N(Cc5ccccc5)C(=O)[C@@H]4[C@@H]3C[C@H]3C(=O)N(c4cc(-c5sc6ccc(Cl)cc6c5C)nn4C)C(=O)[C@@]23C)c1O. The highest BCUT2D eigenvalue weighted by Gasteiger charge is 2.68. The monoisotopic (exact) mass is 760 g/mol. The van der Waals surface area contributed by atoms with Gasteiger partial charge in [-0.25, -0.2) is 4.90 Å². The number of benzene rings is 3. The Hall–Kier alpha value is -5.26. The molecule has 1 saturated carbocycles. The van der Waals surface area contributed by atoms with Crippen LogP contribution in [0.1, 0.15) is 42.4 Å². The molecule has 0 radical (unpaired) electrons. The van der Waals surface area contributed by atoms with Crippen molar-refractivity contribution in [2.24, 2.45) is 36.1 Å². The van der Waals surface area contributed by atoms with Gasteiger partial charge in [-0.1, -0.05) is 65.7 Å². The number of rotatable bonds is 6. The highest BCUT2D eigenvalue weighted by Crippen LogP contribution is 2.65. The number of allylic oxidation sites excluding steroid dienone is 2. The lowest BCUT2D eigenvalue weighted by molar-refractivity contribution is -0.141. The van der Waals surface area contributed by atoms with E-state index in [9.17, 15) is 19.5 Å². The highest BCUT2D eigenvalue weighted by atomic mass is 35.5. The first kappa shape index (κ1) is 34.5. The van der Waals surface area contributed by atoms with Crippen LogP contribution in [0.5, 0.6) is 11.5 Å². The second-order valence-corrected chi connectivity index (χ2v) is 16.5. The average Bonchev–Trinajstić information content (AvgIpc) is 3.83. The Bertz CT molecular complexity index is 2470. The van der Waals surface area contributed by atoms with Crippen molar-refractivity contribution in [1.29, 1.82) is 0 Å². The maximum absolute atomic E-state index is 15.1. The number of halogens is 1. The topological polar surface area (TPSA) is 122 Å². The molecule has 3 aromatic carbocycles. The molecule has 9 rings (SSSR count). The molecule has 2 saturated heterocycles. The molecule has 0 bridgehead atoms. The molecular formula is C42H37ClN4O6S. The number of phenolic OH excluding ortho intramolecular Hbond substituents is 1. The molecule has 54 heavy (non-hydrogen) atoms. The van der Waals surface area contributed by atoms with Crippen LogP contribution in [0.25, 0.3) is 20.7 Å². The standard InChI is InChI=1S/C42H37ClN4O6S/c1-21-27-17-23(43)13-16-32(27)54-37(21)30-19-33(45(3)44-30)47-39(50)29-18-28-24(35(42(29,2)41(47)52)26-11-8-12-31(53-4)36(26)48)14-15-25-34(28)40(51)46(38(25)49)20-22-9-6-5-7-10-22/h5-14,16-17,19,25,28-29,34-35,48H,15,18,20H2,1-4H3/t25-,28+,29-,34-,35+,42+/m0/s1. The number of carbonyl (C=O) groups excluding carboxylic acids is 4. The molecule has 4 heterocycles. The number of imide groups is 2. The van der Waals surface area contributed by atoms with Crippen LogP contribution in [0.2, 0.25) is 5.02 Å². The van der Waals surface area contributed by atoms with Gasteiger partial charge in [-0.2, -0.15) is 5.10 Å². The molecule has 5 aromatic rings. The molecule has 2 aromatic heterocycles. The largest absolute Gasteiger partial charge is 0.504 e. The lowest BCUT2D eigenvalue weighted by Gasteiger charge is -2.49. The number of nitrogens with zero attached hydrogens (tertiary/aromatic N) is 4. The minimum atomic E-state index is -1.35. The van der Waals surface area contributed by atoms with Gasteiger partial charge in [0.05, 0.1) is 41.7 Å².